The molecule has 1 aromatic carbocycles. The molecule has 0 saturated heterocycles. The number of hydrogen-bond acceptors (Lipinski definition) is 4. The molecule has 0 bridgehead atoms. The van der Waals surface area contributed by atoms with E-state index in [1.807, 2.05) is 19.0 Å². The van der Waals surface area contributed by atoms with Gasteiger partial charge in [-0.05, 0) is 32.3 Å². The number of rotatable bonds is 4. The van der Waals surface area contributed by atoms with Crippen LogP contribution in [0.1, 0.15) is 10.4 Å². The first-order valence-electron chi connectivity index (χ1n) is 6.06. The van der Waals surface area contributed by atoms with Crippen LogP contribution in [0.5, 0.6) is 5.75 Å². The summed E-state index contributed by atoms with van der Waals surface area (Å²) >= 11 is 0. The number of ether oxygens (including phenoxy) is 1. The van der Waals surface area contributed by atoms with Gasteiger partial charge < -0.3 is 20.3 Å². The maximum atomic E-state index is 11.9. The minimum absolute atomic E-state index is 0.0153. The zero-order valence-corrected chi connectivity index (χ0v) is 11.0. The van der Waals surface area contributed by atoms with Crippen molar-refractivity contribution in [1.29, 1.82) is 0 Å². The van der Waals surface area contributed by atoms with Crippen molar-refractivity contribution in [2.45, 2.75) is 0 Å². The Morgan fingerprint density at radius 3 is 3.00 bits per heavy atom. The van der Waals surface area contributed by atoms with Crippen molar-refractivity contribution in [1.82, 2.24) is 10.2 Å². The van der Waals surface area contributed by atoms with Crippen LogP contribution in [0.15, 0.2) is 18.2 Å². The van der Waals surface area contributed by atoms with Crippen molar-refractivity contribution in [3.05, 3.63) is 23.8 Å². The van der Waals surface area contributed by atoms with E-state index in [1.54, 1.807) is 18.2 Å². The quantitative estimate of drug-likeness (QED) is 0.820. The second-order valence-corrected chi connectivity index (χ2v) is 4.61. The molecule has 0 unspecified atom stereocenters. The maximum Gasteiger partial charge on any atom is 0.262 e. The molecular weight excluding hydrogens is 246 g/mol. The molecule has 6 heteroatoms. The lowest BCUT2D eigenvalue weighted by molar-refractivity contribution is -0.118. The van der Waals surface area contributed by atoms with Gasteiger partial charge in [-0.1, -0.05) is 0 Å². The molecule has 0 saturated carbocycles. The Morgan fingerprint density at radius 2 is 2.26 bits per heavy atom. The highest BCUT2D eigenvalue weighted by atomic mass is 16.5. The molecule has 2 N–H and O–H groups in total. The van der Waals surface area contributed by atoms with E-state index in [-0.39, 0.29) is 18.4 Å². The lowest BCUT2D eigenvalue weighted by Crippen LogP contribution is -2.31. The number of carbonyl (C=O) groups is 2. The van der Waals surface area contributed by atoms with Crippen molar-refractivity contribution in [3.63, 3.8) is 0 Å². The van der Waals surface area contributed by atoms with Crippen LogP contribution in [0, 0.1) is 0 Å². The van der Waals surface area contributed by atoms with Crippen LogP contribution >= 0.6 is 0 Å². The average molecular weight is 263 g/mol. The largest absolute Gasteiger partial charge is 0.482 e. The van der Waals surface area contributed by atoms with Crippen molar-refractivity contribution in [2.24, 2.45) is 0 Å². The molecule has 1 aliphatic heterocycles. The monoisotopic (exact) mass is 263 g/mol. The topological polar surface area (TPSA) is 70.7 Å². The first-order valence-corrected chi connectivity index (χ1v) is 6.06. The molecule has 2 amide bonds. The second kappa shape index (κ2) is 5.71. The zero-order valence-electron chi connectivity index (χ0n) is 11.0. The van der Waals surface area contributed by atoms with E-state index in [9.17, 15) is 9.59 Å². The number of nitrogens with one attached hydrogen (secondary N) is 2. The second-order valence-electron chi connectivity index (χ2n) is 4.61. The summed E-state index contributed by atoms with van der Waals surface area (Å²) in [5.41, 5.74) is 1.04. The number of anilines is 1. The highest BCUT2D eigenvalue weighted by Crippen LogP contribution is 2.28. The molecule has 0 fully saturated rings. The first kappa shape index (κ1) is 13.4. The standard InChI is InChI=1S/C13H17N3O3/c1-16(2)6-5-14-13(18)9-3-4-11-10(7-9)15-12(17)8-19-11/h3-4,7H,5-6,8H2,1-2H3,(H,14,18)(H,15,17). The summed E-state index contributed by atoms with van der Waals surface area (Å²) < 4.78 is 5.23. The van der Waals surface area contributed by atoms with Crippen LogP contribution < -0.4 is 15.4 Å². The van der Waals surface area contributed by atoms with Gasteiger partial charge in [-0.3, -0.25) is 9.59 Å². The molecule has 0 atom stereocenters. The molecule has 1 aromatic rings. The summed E-state index contributed by atoms with van der Waals surface area (Å²) in [7, 11) is 3.88. The van der Waals surface area contributed by atoms with E-state index in [0.29, 0.717) is 23.5 Å². The van der Waals surface area contributed by atoms with Gasteiger partial charge in [-0.2, -0.15) is 0 Å². The molecule has 0 aliphatic carbocycles. The number of nitrogens with zero attached hydrogens (tertiary/aromatic N) is 1. The third-order valence-corrected chi connectivity index (χ3v) is 2.72. The van der Waals surface area contributed by atoms with Crippen LogP contribution in [-0.4, -0.2) is 50.5 Å². The summed E-state index contributed by atoms with van der Waals surface area (Å²) in [5.74, 6) is 0.214. The molecule has 2 rings (SSSR count). The van der Waals surface area contributed by atoms with Crippen LogP contribution in [0.4, 0.5) is 5.69 Å². The van der Waals surface area contributed by atoms with Crippen molar-refractivity contribution < 1.29 is 14.3 Å². The van der Waals surface area contributed by atoms with Crippen LogP contribution in [0.25, 0.3) is 0 Å². The summed E-state index contributed by atoms with van der Waals surface area (Å²) in [5, 5.41) is 5.49. The molecular formula is C13H17N3O3. The maximum absolute atomic E-state index is 11.9. The van der Waals surface area contributed by atoms with E-state index in [2.05, 4.69) is 10.6 Å². The van der Waals surface area contributed by atoms with Gasteiger partial charge >= 0.3 is 0 Å². The first-order chi connectivity index (χ1) is 9.06. The van der Waals surface area contributed by atoms with E-state index in [4.69, 9.17) is 4.74 Å². The van der Waals surface area contributed by atoms with Crippen molar-refractivity contribution >= 4 is 17.5 Å². The average Bonchev–Trinajstić information content (AvgIpc) is 2.37. The molecule has 0 aromatic heterocycles. The molecule has 0 radical (unpaired) electrons. The predicted molar refractivity (Wildman–Crippen MR) is 71.5 cm³/mol. The SMILES string of the molecule is CN(C)CCNC(=O)c1ccc2c(c1)NC(=O)CO2. The summed E-state index contributed by atoms with van der Waals surface area (Å²) in [4.78, 5) is 25.1. The Labute approximate surface area is 111 Å². The summed E-state index contributed by atoms with van der Waals surface area (Å²) in [6.45, 7) is 1.36. The predicted octanol–water partition coefficient (Wildman–Crippen LogP) is 0.309. The number of likely N-dealkylation sites (N-methyl/N-ethyl adjacent to an activating group) is 1. The van der Waals surface area contributed by atoms with E-state index < -0.39 is 0 Å². The fourth-order valence-corrected chi connectivity index (χ4v) is 1.72. The Kier molecular flexibility index (Phi) is 4.01. The van der Waals surface area contributed by atoms with Crippen molar-refractivity contribution in [3.8, 4) is 5.75 Å². The lowest BCUT2D eigenvalue weighted by atomic mass is 10.1. The number of benzene rings is 1. The summed E-state index contributed by atoms with van der Waals surface area (Å²) in [6.07, 6.45) is 0. The summed E-state index contributed by atoms with van der Waals surface area (Å²) in [6, 6.07) is 4.99. The van der Waals surface area contributed by atoms with E-state index >= 15 is 0 Å². The van der Waals surface area contributed by atoms with Gasteiger partial charge in [-0.25, -0.2) is 0 Å². The van der Waals surface area contributed by atoms with Gasteiger partial charge in [0.1, 0.15) is 5.75 Å². The number of hydrogen-bond donors (Lipinski definition) is 2. The molecule has 19 heavy (non-hydrogen) atoms. The van der Waals surface area contributed by atoms with E-state index in [1.165, 1.54) is 0 Å². The third kappa shape index (κ3) is 3.45. The van der Waals surface area contributed by atoms with Crippen molar-refractivity contribution in [2.75, 3.05) is 39.1 Å². The Hall–Kier alpha value is -2.08. The molecule has 1 heterocycles. The molecule has 0 spiro atoms. The van der Waals surface area contributed by atoms with Gasteiger partial charge in [0.2, 0.25) is 0 Å². The molecule has 1 aliphatic rings. The molecule has 6 nitrogen and oxygen atoms in total. The Bertz CT molecular complexity index is 500. The minimum Gasteiger partial charge on any atom is -0.482 e. The smallest absolute Gasteiger partial charge is 0.262 e. The van der Waals surface area contributed by atoms with Crippen LogP contribution in [0.3, 0.4) is 0 Å². The fourth-order valence-electron chi connectivity index (χ4n) is 1.72. The van der Waals surface area contributed by atoms with Gasteiger partial charge in [0, 0.05) is 18.7 Å². The van der Waals surface area contributed by atoms with E-state index in [0.717, 1.165) is 6.54 Å². The van der Waals surface area contributed by atoms with Gasteiger partial charge in [0.05, 0.1) is 5.69 Å². The Balaban J connectivity index is 2.02. The van der Waals surface area contributed by atoms with Gasteiger partial charge in [0.15, 0.2) is 6.61 Å². The fraction of sp³-hybridized carbons (Fsp3) is 0.385. The van der Waals surface area contributed by atoms with Crippen LogP contribution in [-0.2, 0) is 4.79 Å². The lowest BCUT2D eigenvalue weighted by Gasteiger charge is -2.18. The zero-order chi connectivity index (χ0) is 13.8. The molecule has 102 valence electrons. The normalized spacial score (nSPS) is 13.5. The van der Waals surface area contributed by atoms with Gasteiger partial charge in [0.25, 0.3) is 11.8 Å². The highest BCUT2D eigenvalue weighted by Gasteiger charge is 2.17. The van der Waals surface area contributed by atoms with Gasteiger partial charge in [-0.15, -0.1) is 0 Å². The van der Waals surface area contributed by atoms with Crippen LogP contribution in [0.2, 0.25) is 0 Å². The minimum atomic E-state index is -0.210. The number of amides is 2. The number of carbonyl (C=O) groups excluding carboxylic acids is 2. The third-order valence-electron chi connectivity index (χ3n) is 2.72. The highest BCUT2D eigenvalue weighted by molar-refractivity contribution is 5.99. The Morgan fingerprint density at radius 1 is 1.47 bits per heavy atom. The number of fused-ring (bicyclic) bond motifs is 1.